The highest BCUT2D eigenvalue weighted by Crippen LogP contribution is 2.14. The van der Waals surface area contributed by atoms with E-state index in [-0.39, 0.29) is 18.0 Å². The summed E-state index contributed by atoms with van der Waals surface area (Å²) in [4.78, 5) is 23.7. The van der Waals surface area contributed by atoms with Gasteiger partial charge in [0.15, 0.2) is 5.78 Å². The van der Waals surface area contributed by atoms with E-state index < -0.39 is 22.0 Å². The fourth-order valence-electron chi connectivity index (χ4n) is 2.55. The molecule has 0 saturated carbocycles. The zero-order valence-electron chi connectivity index (χ0n) is 15.0. The maximum atomic E-state index is 12.3. The summed E-state index contributed by atoms with van der Waals surface area (Å²) in [6, 6.07) is 15.6. The maximum absolute atomic E-state index is 12.3. The van der Waals surface area contributed by atoms with Crippen molar-refractivity contribution in [3.05, 3.63) is 65.7 Å². The Kier molecular flexibility index (Phi) is 6.95. The Morgan fingerprint density at radius 1 is 1.07 bits per heavy atom. The molecule has 0 unspecified atom stereocenters. The highest BCUT2D eigenvalue weighted by molar-refractivity contribution is 7.92. The minimum absolute atomic E-state index is 0.0959. The number of hydrogen-bond acceptors (Lipinski definition) is 4. The molecule has 0 aliphatic carbocycles. The zero-order chi connectivity index (χ0) is 19.9. The molecule has 0 radical (unpaired) electrons. The van der Waals surface area contributed by atoms with Crippen LogP contribution in [0.2, 0.25) is 0 Å². The van der Waals surface area contributed by atoms with Crippen molar-refractivity contribution in [2.45, 2.75) is 19.8 Å². The number of amides is 1. The second-order valence-corrected chi connectivity index (χ2v) is 7.81. The minimum atomic E-state index is -3.93. The van der Waals surface area contributed by atoms with Crippen molar-refractivity contribution >= 4 is 27.6 Å². The lowest BCUT2D eigenvalue weighted by Gasteiger charge is -2.20. The molecular formula is C19H22N2O5S. The first kappa shape index (κ1) is 20.4. The van der Waals surface area contributed by atoms with Gasteiger partial charge in [-0.15, -0.1) is 0 Å². The molecule has 0 bridgehead atoms. The SMILES string of the molecule is CC(=O)c1cccc(NS(=O)(=O)CN(CCCc2ccccc2)C(=O)O)c1. The Morgan fingerprint density at radius 2 is 1.78 bits per heavy atom. The number of carbonyl (C=O) groups is 2. The molecule has 2 rings (SSSR count). The summed E-state index contributed by atoms with van der Waals surface area (Å²) >= 11 is 0. The van der Waals surface area contributed by atoms with Gasteiger partial charge in [-0.05, 0) is 37.5 Å². The van der Waals surface area contributed by atoms with Crippen LogP contribution in [0.4, 0.5) is 10.5 Å². The molecule has 2 N–H and O–H groups in total. The lowest BCUT2D eigenvalue weighted by molar-refractivity contribution is 0.101. The summed E-state index contributed by atoms with van der Waals surface area (Å²) in [5.74, 6) is -0.870. The number of nitrogens with one attached hydrogen (secondary N) is 1. The van der Waals surface area contributed by atoms with Crippen LogP contribution in [0.25, 0.3) is 0 Å². The van der Waals surface area contributed by atoms with Crippen LogP contribution in [0.5, 0.6) is 0 Å². The van der Waals surface area contributed by atoms with Crippen LogP contribution in [0, 0.1) is 0 Å². The van der Waals surface area contributed by atoms with E-state index in [4.69, 9.17) is 0 Å². The molecule has 0 spiro atoms. The highest BCUT2D eigenvalue weighted by atomic mass is 32.2. The molecule has 0 atom stereocenters. The third kappa shape index (κ3) is 6.74. The Balaban J connectivity index is 1.98. The number of carboxylic acid groups (broad SMARTS) is 1. The summed E-state index contributed by atoms with van der Waals surface area (Å²) in [6.07, 6.45) is -0.143. The van der Waals surface area contributed by atoms with Crippen LogP contribution in [0.1, 0.15) is 29.3 Å². The van der Waals surface area contributed by atoms with Crippen molar-refractivity contribution in [3.63, 3.8) is 0 Å². The minimum Gasteiger partial charge on any atom is -0.465 e. The van der Waals surface area contributed by atoms with Crippen LogP contribution in [-0.4, -0.2) is 42.7 Å². The van der Waals surface area contributed by atoms with Crippen LogP contribution < -0.4 is 4.72 Å². The van der Waals surface area contributed by atoms with Gasteiger partial charge in [0, 0.05) is 17.8 Å². The van der Waals surface area contributed by atoms with Crippen molar-refractivity contribution in [1.82, 2.24) is 4.90 Å². The number of Topliss-reactive ketones (excluding diaryl/α,β-unsaturated/α-hetero) is 1. The van der Waals surface area contributed by atoms with Crippen molar-refractivity contribution < 1.29 is 23.1 Å². The van der Waals surface area contributed by atoms with Gasteiger partial charge in [-0.2, -0.15) is 0 Å². The van der Waals surface area contributed by atoms with Gasteiger partial charge in [0.1, 0.15) is 5.88 Å². The smallest absolute Gasteiger partial charge is 0.408 e. The number of rotatable bonds is 9. The number of ketones is 1. The topological polar surface area (TPSA) is 104 Å². The number of nitrogens with zero attached hydrogens (tertiary/aromatic N) is 1. The predicted octanol–water partition coefficient (Wildman–Crippen LogP) is 3.20. The fourth-order valence-corrected chi connectivity index (χ4v) is 3.75. The van der Waals surface area contributed by atoms with Crippen molar-refractivity contribution in [1.29, 1.82) is 0 Å². The molecule has 1 amide bonds. The molecule has 2 aromatic rings. The molecule has 0 saturated heterocycles. The summed E-state index contributed by atoms with van der Waals surface area (Å²) in [5, 5.41) is 9.31. The van der Waals surface area contributed by atoms with Gasteiger partial charge >= 0.3 is 6.09 Å². The van der Waals surface area contributed by atoms with Gasteiger partial charge in [0.2, 0.25) is 0 Å². The molecule has 144 valence electrons. The van der Waals surface area contributed by atoms with Gasteiger partial charge in [-0.1, -0.05) is 42.5 Å². The Morgan fingerprint density at radius 3 is 2.41 bits per heavy atom. The third-order valence-electron chi connectivity index (χ3n) is 3.88. The van der Waals surface area contributed by atoms with Gasteiger partial charge in [-0.3, -0.25) is 14.4 Å². The summed E-state index contributed by atoms with van der Waals surface area (Å²) in [7, 11) is -3.93. The predicted molar refractivity (Wildman–Crippen MR) is 103 cm³/mol. The number of benzene rings is 2. The fraction of sp³-hybridized carbons (Fsp3) is 0.263. The first-order valence-electron chi connectivity index (χ1n) is 8.40. The lowest BCUT2D eigenvalue weighted by Crippen LogP contribution is -2.37. The lowest BCUT2D eigenvalue weighted by atomic mass is 10.1. The first-order chi connectivity index (χ1) is 12.8. The summed E-state index contributed by atoms with van der Waals surface area (Å²) < 4.78 is 27.0. The van der Waals surface area contributed by atoms with E-state index in [9.17, 15) is 23.1 Å². The van der Waals surface area contributed by atoms with Crippen LogP contribution in [0.3, 0.4) is 0 Å². The molecule has 0 aliphatic rings. The number of hydrogen-bond donors (Lipinski definition) is 2. The van der Waals surface area contributed by atoms with E-state index in [0.717, 1.165) is 10.5 Å². The molecule has 0 heterocycles. The molecular weight excluding hydrogens is 368 g/mol. The van der Waals surface area contributed by atoms with Crippen molar-refractivity contribution in [2.24, 2.45) is 0 Å². The maximum Gasteiger partial charge on any atom is 0.408 e. The van der Waals surface area contributed by atoms with E-state index >= 15 is 0 Å². The molecule has 7 nitrogen and oxygen atoms in total. The number of carbonyl (C=O) groups excluding carboxylic acids is 1. The zero-order valence-corrected chi connectivity index (χ0v) is 15.8. The second-order valence-electron chi connectivity index (χ2n) is 6.12. The van der Waals surface area contributed by atoms with E-state index in [1.54, 1.807) is 12.1 Å². The molecule has 8 heteroatoms. The van der Waals surface area contributed by atoms with Crippen molar-refractivity contribution in [2.75, 3.05) is 17.1 Å². The van der Waals surface area contributed by atoms with Gasteiger partial charge < -0.3 is 5.11 Å². The van der Waals surface area contributed by atoms with Crippen molar-refractivity contribution in [3.8, 4) is 0 Å². The third-order valence-corrected chi connectivity index (χ3v) is 5.07. The van der Waals surface area contributed by atoms with E-state index in [2.05, 4.69) is 4.72 Å². The molecule has 0 aromatic heterocycles. The number of sulfonamides is 1. The highest BCUT2D eigenvalue weighted by Gasteiger charge is 2.21. The molecule has 27 heavy (non-hydrogen) atoms. The molecule has 0 aliphatic heterocycles. The van der Waals surface area contributed by atoms with Gasteiger partial charge in [-0.25, -0.2) is 13.2 Å². The van der Waals surface area contributed by atoms with E-state index in [1.807, 2.05) is 30.3 Å². The monoisotopic (exact) mass is 390 g/mol. The summed E-state index contributed by atoms with van der Waals surface area (Å²) in [6.45, 7) is 1.48. The van der Waals surface area contributed by atoms with Crippen LogP contribution >= 0.6 is 0 Å². The molecule has 2 aromatic carbocycles. The normalized spacial score (nSPS) is 11.0. The largest absolute Gasteiger partial charge is 0.465 e. The quantitative estimate of drug-likeness (QED) is 0.640. The number of anilines is 1. The summed E-state index contributed by atoms with van der Waals surface area (Å²) in [5.41, 5.74) is 1.65. The molecule has 0 fully saturated rings. The van der Waals surface area contributed by atoms with Crippen LogP contribution in [-0.2, 0) is 16.4 Å². The van der Waals surface area contributed by atoms with Crippen LogP contribution in [0.15, 0.2) is 54.6 Å². The Labute approximate surface area is 158 Å². The average molecular weight is 390 g/mol. The van der Waals surface area contributed by atoms with Gasteiger partial charge in [0.05, 0.1) is 0 Å². The number of aryl methyl sites for hydroxylation is 1. The standard InChI is InChI=1S/C19H22N2O5S/c1-15(22)17-10-5-11-18(13-17)20-27(25,26)14-21(19(23)24)12-6-9-16-7-3-2-4-8-16/h2-5,7-8,10-11,13,20H,6,9,12,14H2,1H3,(H,23,24). The Bertz CT molecular complexity index is 897. The van der Waals surface area contributed by atoms with E-state index in [1.165, 1.54) is 19.1 Å². The van der Waals surface area contributed by atoms with E-state index in [0.29, 0.717) is 18.4 Å². The second kappa shape index (κ2) is 9.18. The average Bonchev–Trinajstić information content (AvgIpc) is 2.61. The first-order valence-corrected chi connectivity index (χ1v) is 10.1. The Hall–Kier alpha value is -2.87. The van der Waals surface area contributed by atoms with Gasteiger partial charge in [0.25, 0.3) is 10.0 Å².